The van der Waals surface area contributed by atoms with Gasteiger partial charge in [-0.3, -0.25) is 9.59 Å². The highest BCUT2D eigenvalue weighted by Gasteiger charge is 2.41. The zero-order valence-electron chi connectivity index (χ0n) is 24.9. The van der Waals surface area contributed by atoms with Crippen molar-refractivity contribution in [3.8, 4) is 6.07 Å². The monoisotopic (exact) mass is 365 g/mol. The summed E-state index contributed by atoms with van der Waals surface area (Å²) in [5, 5.41) is 11.5. The summed E-state index contributed by atoms with van der Waals surface area (Å²) in [4.78, 5) is 26.8. The predicted octanol–water partition coefficient (Wildman–Crippen LogP) is 1.68. The van der Waals surface area contributed by atoms with Crippen molar-refractivity contribution < 1.29 is 24.7 Å². The molecule has 0 bridgehead atoms. The number of amides is 2. The highest BCUT2D eigenvalue weighted by atomic mass is 16.2. The van der Waals surface area contributed by atoms with Gasteiger partial charge in [0.15, 0.2) is 0 Å². The Labute approximate surface area is 169 Å². The Balaban J connectivity index is 1.85. The fourth-order valence-corrected chi connectivity index (χ4v) is 2.65. The van der Waals surface area contributed by atoms with Gasteiger partial charge in [0.1, 0.15) is 6.04 Å². The topological polar surface area (TPSA) is 99.2 Å². The third-order valence-corrected chi connectivity index (χ3v) is 4.25. The van der Waals surface area contributed by atoms with Gasteiger partial charge in [0.2, 0.25) is 11.8 Å². The van der Waals surface area contributed by atoms with Crippen molar-refractivity contribution >= 4 is 11.8 Å². The van der Waals surface area contributed by atoms with Crippen molar-refractivity contribution in [2.75, 3.05) is 6.54 Å². The summed E-state index contributed by atoms with van der Waals surface area (Å²) in [6.45, 7) is 0.00227. The molecule has 1 saturated carbocycles. The average Bonchev–Trinajstić information content (AvgIpc) is 2.79. The minimum absolute atomic E-state index is 0.0514. The van der Waals surface area contributed by atoms with Gasteiger partial charge in [0.05, 0.1) is 17.7 Å². The van der Waals surface area contributed by atoms with Gasteiger partial charge in [0.25, 0.3) is 0 Å². The predicted molar refractivity (Wildman–Crippen MR) is 97.7 cm³/mol. The van der Waals surface area contributed by atoms with Crippen molar-refractivity contribution in [3.05, 3.63) is 35.4 Å². The molecule has 2 fully saturated rings. The first-order valence-corrected chi connectivity index (χ1v) is 8.07. The summed E-state index contributed by atoms with van der Waals surface area (Å²) in [7, 11) is 0. The molecule has 2 aliphatic rings. The standard InChI is InChI=1S/C20H26N4O2/c21-12-14-6-8-15(9-7-14)13-23-19(25)17-10-11-24(17)20(26)18(22)16-4-2-1-3-5-16/h6-9,16-18H,1-5,10-11,13,22H2,(H,23,25)/t17-,18+/m0/s1/i1D2,2D2,3D2,4D2,5D2,16D. The summed E-state index contributed by atoms with van der Waals surface area (Å²) < 4.78 is 89.4. The zero-order valence-corrected chi connectivity index (χ0v) is 13.9. The number of nitrogens with one attached hydrogen (secondary N) is 1. The van der Waals surface area contributed by atoms with Crippen LogP contribution in [0.1, 0.15) is 64.5 Å². The third kappa shape index (κ3) is 4.05. The fourth-order valence-electron chi connectivity index (χ4n) is 2.65. The van der Waals surface area contributed by atoms with Crippen LogP contribution in [0.4, 0.5) is 0 Å². The van der Waals surface area contributed by atoms with E-state index in [1.807, 2.05) is 6.07 Å². The van der Waals surface area contributed by atoms with E-state index in [9.17, 15) is 9.59 Å². The van der Waals surface area contributed by atoms with E-state index in [1.165, 1.54) is 0 Å². The average molecular weight is 366 g/mol. The number of rotatable bonds is 5. The molecule has 3 N–H and O–H groups in total. The molecule has 2 amide bonds. The molecular formula is C20H26N4O2. The second-order valence-corrected chi connectivity index (χ2v) is 5.88. The lowest BCUT2D eigenvalue weighted by Crippen LogP contribution is -2.62. The van der Waals surface area contributed by atoms with Crippen LogP contribution in [0.15, 0.2) is 24.3 Å². The maximum absolute atomic E-state index is 13.2. The summed E-state index contributed by atoms with van der Waals surface area (Å²) in [6.07, 6.45) is -18.6. The van der Waals surface area contributed by atoms with Crippen LogP contribution in [0.25, 0.3) is 0 Å². The van der Waals surface area contributed by atoms with E-state index >= 15 is 0 Å². The second-order valence-electron chi connectivity index (χ2n) is 5.88. The molecule has 2 atom stereocenters. The first-order valence-electron chi connectivity index (χ1n) is 13.6. The number of likely N-dealkylation sites (tertiary alicyclic amines) is 1. The van der Waals surface area contributed by atoms with Crippen LogP contribution in [-0.2, 0) is 16.1 Å². The molecule has 0 unspecified atom stereocenters. The molecule has 26 heavy (non-hydrogen) atoms. The van der Waals surface area contributed by atoms with Gasteiger partial charge in [-0.1, -0.05) is 31.3 Å². The fraction of sp³-hybridized carbons (Fsp3) is 0.550. The van der Waals surface area contributed by atoms with Crippen molar-refractivity contribution in [3.63, 3.8) is 0 Å². The second kappa shape index (κ2) is 8.33. The minimum atomic E-state index is -3.77. The molecule has 0 aromatic heterocycles. The molecule has 1 heterocycles. The van der Waals surface area contributed by atoms with Gasteiger partial charge in [-0.25, -0.2) is 0 Å². The van der Waals surface area contributed by atoms with Gasteiger partial charge in [0, 0.05) is 28.2 Å². The number of hydrogen-bond donors (Lipinski definition) is 2. The van der Waals surface area contributed by atoms with Gasteiger partial charge >= 0.3 is 0 Å². The molecule has 138 valence electrons. The van der Waals surface area contributed by atoms with Crippen LogP contribution in [-0.4, -0.2) is 35.3 Å². The third-order valence-electron chi connectivity index (χ3n) is 4.25. The quantitative estimate of drug-likeness (QED) is 0.829. The van der Waals surface area contributed by atoms with E-state index in [2.05, 4.69) is 5.32 Å². The zero-order chi connectivity index (χ0) is 28.4. The smallest absolute Gasteiger partial charge is 0.243 e. The van der Waals surface area contributed by atoms with Gasteiger partial charge < -0.3 is 16.0 Å². The van der Waals surface area contributed by atoms with Crippen LogP contribution in [0.2, 0.25) is 0 Å². The number of carbonyl (C=O) groups is 2. The molecular weight excluding hydrogens is 328 g/mol. The number of carbonyl (C=O) groups excluding carboxylic acids is 2. The van der Waals surface area contributed by atoms with Gasteiger partial charge in [-0.15, -0.1) is 0 Å². The van der Waals surface area contributed by atoms with Crippen molar-refractivity contribution in [2.45, 2.75) is 56.9 Å². The number of nitrogens with zero attached hydrogens (tertiary/aromatic N) is 2. The normalized spacial score (nSPS) is 38.5. The Bertz CT molecular complexity index is 1100. The number of nitriles is 1. The molecule has 6 nitrogen and oxygen atoms in total. The SMILES string of the molecule is [2H]C1([2H])C([2H])([2H])C([2H])([2H])C([2H])([C@@H](N)C(=O)N2CC[C@H]2C(=O)NCc2ccc(C#N)cc2)C([2H])([2H])C1([2H])[2H]. The Morgan fingerprint density at radius 1 is 1.35 bits per heavy atom. The number of hydrogen-bond acceptors (Lipinski definition) is 4. The molecule has 1 saturated heterocycles. The minimum Gasteiger partial charge on any atom is -0.350 e. The lowest BCUT2D eigenvalue weighted by atomic mass is 9.83. The Morgan fingerprint density at radius 3 is 2.62 bits per heavy atom. The van der Waals surface area contributed by atoms with Crippen LogP contribution < -0.4 is 11.1 Å². The van der Waals surface area contributed by atoms with E-state index in [1.54, 1.807) is 24.3 Å². The maximum atomic E-state index is 13.2. The van der Waals surface area contributed by atoms with E-state index in [4.69, 9.17) is 26.1 Å². The Kier molecular flexibility index (Phi) is 2.88. The molecule has 0 spiro atoms. The first-order chi connectivity index (χ1) is 16.7. The highest BCUT2D eigenvalue weighted by Crippen LogP contribution is 2.28. The number of nitrogens with two attached hydrogens (primary N) is 1. The van der Waals surface area contributed by atoms with Crippen molar-refractivity contribution in [1.82, 2.24) is 10.2 Å². The summed E-state index contributed by atoms with van der Waals surface area (Å²) >= 11 is 0. The molecule has 1 aromatic rings. The van der Waals surface area contributed by atoms with Crippen LogP contribution in [0.5, 0.6) is 0 Å². The van der Waals surface area contributed by atoms with E-state index in [0.29, 0.717) is 11.1 Å². The number of benzene rings is 1. The summed E-state index contributed by atoms with van der Waals surface area (Å²) in [5.74, 6) is -5.50. The summed E-state index contributed by atoms with van der Waals surface area (Å²) in [5.41, 5.74) is 6.99. The van der Waals surface area contributed by atoms with Crippen molar-refractivity contribution in [1.29, 1.82) is 5.26 Å². The first kappa shape index (κ1) is 9.01. The van der Waals surface area contributed by atoms with E-state index in [0.717, 1.165) is 4.90 Å². The Hall–Kier alpha value is -2.39. The molecule has 1 aliphatic heterocycles. The van der Waals surface area contributed by atoms with Gasteiger partial charge in [-0.2, -0.15) is 5.26 Å². The molecule has 6 heteroatoms. The lowest BCUT2D eigenvalue weighted by Gasteiger charge is -2.42. The Morgan fingerprint density at radius 2 is 2.04 bits per heavy atom. The van der Waals surface area contributed by atoms with Crippen LogP contribution in [0.3, 0.4) is 0 Å². The molecule has 0 radical (unpaired) electrons. The van der Waals surface area contributed by atoms with Crippen LogP contribution >= 0.6 is 0 Å². The molecule has 1 aromatic carbocycles. The lowest BCUT2D eigenvalue weighted by molar-refractivity contribution is -0.149. The maximum Gasteiger partial charge on any atom is 0.243 e. The van der Waals surface area contributed by atoms with E-state index < -0.39 is 61.7 Å². The van der Waals surface area contributed by atoms with Crippen LogP contribution in [0, 0.1) is 17.2 Å². The molecule has 3 rings (SSSR count). The summed E-state index contributed by atoms with van der Waals surface area (Å²) in [6, 6.07) is 4.74. The van der Waals surface area contributed by atoms with Crippen molar-refractivity contribution in [2.24, 2.45) is 11.6 Å². The largest absolute Gasteiger partial charge is 0.350 e. The van der Waals surface area contributed by atoms with E-state index in [-0.39, 0.29) is 19.5 Å². The van der Waals surface area contributed by atoms with Gasteiger partial charge in [-0.05, 0) is 42.8 Å². The molecule has 1 aliphatic carbocycles. The highest BCUT2D eigenvalue weighted by molar-refractivity contribution is 5.91.